The highest BCUT2D eigenvalue weighted by atomic mass is 79.9. The van der Waals surface area contributed by atoms with Gasteiger partial charge in [0.05, 0.1) is 17.6 Å². The van der Waals surface area contributed by atoms with Gasteiger partial charge in [-0.15, -0.1) is 0 Å². The third-order valence-corrected chi connectivity index (χ3v) is 2.79. The zero-order valence-corrected chi connectivity index (χ0v) is 10.9. The number of hydrogen-bond acceptors (Lipinski definition) is 4. The van der Waals surface area contributed by atoms with E-state index >= 15 is 0 Å². The van der Waals surface area contributed by atoms with Gasteiger partial charge in [-0.25, -0.2) is 0 Å². The van der Waals surface area contributed by atoms with Crippen LogP contribution in [0, 0.1) is 0 Å². The van der Waals surface area contributed by atoms with Crippen LogP contribution in [-0.4, -0.2) is 31.3 Å². The maximum atomic E-state index is 5.59. The van der Waals surface area contributed by atoms with Crippen molar-refractivity contribution in [3.05, 3.63) is 10.2 Å². The summed E-state index contributed by atoms with van der Waals surface area (Å²) in [7, 11) is 0. The summed E-state index contributed by atoms with van der Waals surface area (Å²) < 4.78 is 11.8. The minimum atomic E-state index is -0.475. The van der Waals surface area contributed by atoms with Gasteiger partial charge in [0.2, 0.25) is 0 Å². The molecule has 1 unspecified atom stereocenters. The molecule has 0 aliphatic carbocycles. The molecule has 0 bridgehead atoms. The fraction of sp³-hybridized carbons (Fsp3) is 0.700. The molecule has 1 aliphatic rings. The Morgan fingerprint density at radius 1 is 1.67 bits per heavy atom. The SMILES string of the molecule is CC(N)=C(Br)C=NCC1COC(C)(C)O1. The van der Waals surface area contributed by atoms with E-state index in [1.165, 1.54) is 0 Å². The van der Waals surface area contributed by atoms with Crippen LogP contribution in [0.25, 0.3) is 0 Å². The Bertz CT molecular complexity index is 283. The Hall–Kier alpha value is -0.390. The van der Waals surface area contributed by atoms with Gasteiger partial charge in [-0.1, -0.05) is 0 Å². The van der Waals surface area contributed by atoms with Crippen molar-refractivity contribution in [2.75, 3.05) is 13.2 Å². The highest BCUT2D eigenvalue weighted by Gasteiger charge is 2.32. The first-order valence-corrected chi connectivity index (χ1v) is 5.63. The summed E-state index contributed by atoms with van der Waals surface area (Å²) in [5, 5.41) is 0. The van der Waals surface area contributed by atoms with Crippen molar-refractivity contribution in [3.63, 3.8) is 0 Å². The largest absolute Gasteiger partial charge is 0.401 e. The summed E-state index contributed by atoms with van der Waals surface area (Å²) in [6.07, 6.45) is 1.74. The molecule has 0 radical (unpaired) electrons. The number of allylic oxidation sites excluding steroid dienone is 2. The van der Waals surface area contributed by atoms with Gasteiger partial charge in [0.15, 0.2) is 5.79 Å². The highest BCUT2D eigenvalue weighted by Crippen LogP contribution is 2.22. The molecule has 0 aromatic rings. The summed E-state index contributed by atoms with van der Waals surface area (Å²) in [6.45, 7) is 6.79. The van der Waals surface area contributed by atoms with E-state index in [2.05, 4.69) is 20.9 Å². The first-order chi connectivity index (χ1) is 6.91. The molecule has 86 valence electrons. The summed E-state index contributed by atoms with van der Waals surface area (Å²) in [4.78, 5) is 4.23. The number of nitrogens with zero attached hydrogens (tertiary/aromatic N) is 1. The summed E-state index contributed by atoms with van der Waals surface area (Å²) in [5.41, 5.74) is 6.27. The molecule has 4 nitrogen and oxygen atoms in total. The molecule has 0 aromatic carbocycles. The van der Waals surface area contributed by atoms with Crippen molar-refractivity contribution in [2.24, 2.45) is 10.7 Å². The molecule has 2 N–H and O–H groups in total. The Balaban J connectivity index is 2.37. The fourth-order valence-corrected chi connectivity index (χ4v) is 1.35. The number of halogens is 1. The van der Waals surface area contributed by atoms with Crippen molar-refractivity contribution in [2.45, 2.75) is 32.7 Å². The van der Waals surface area contributed by atoms with Crippen LogP contribution in [0.5, 0.6) is 0 Å². The first kappa shape index (κ1) is 12.7. The monoisotopic (exact) mass is 276 g/mol. The second-order valence-corrected chi connectivity index (χ2v) is 4.83. The third kappa shape index (κ3) is 4.32. The third-order valence-electron chi connectivity index (χ3n) is 1.96. The number of aliphatic imine (C=N–C) groups is 1. The molecule has 0 saturated carbocycles. The van der Waals surface area contributed by atoms with Crippen LogP contribution in [0.1, 0.15) is 20.8 Å². The number of hydrogen-bond donors (Lipinski definition) is 1. The van der Waals surface area contributed by atoms with Gasteiger partial charge < -0.3 is 15.2 Å². The summed E-state index contributed by atoms with van der Waals surface area (Å²) in [6, 6.07) is 0. The van der Waals surface area contributed by atoms with Gasteiger partial charge in [0.1, 0.15) is 6.10 Å². The van der Waals surface area contributed by atoms with E-state index in [1.807, 2.05) is 20.8 Å². The van der Waals surface area contributed by atoms with Crippen LogP contribution in [0.15, 0.2) is 15.2 Å². The topological polar surface area (TPSA) is 56.8 Å². The second kappa shape index (κ2) is 5.09. The molecular weight excluding hydrogens is 260 g/mol. The van der Waals surface area contributed by atoms with Crippen LogP contribution in [0.2, 0.25) is 0 Å². The van der Waals surface area contributed by atoms with E-state index < -0.39 is 5.79 Å². The minimum absolute atomic E-state index is 0.0367. The zero-order valence-electron chi connectivity index (χ0n) is 9.29. The first-order valence-electron chi connectivity index (χ1n) is 4.84. The average Bonchev–Trinajstić information content (AvgIpc) is 2.45. The molecule has 15 heavy (non-hydrogen) atoms. The number of rotatable bonds is 3. The van der Waals surface area contributed by atoms with Crippen molar-refractivity contribution < 1.29 is 9.47 Å². The van der Waals surface area contributed by atoms with Gasteiger partial charge in [-0.3, -0.25) is 4.99 Å². The quantitative estimate of drug-likeness (QED) is 0.800. The molecule has 0 aromatic heterocycles. The molecule has 1 aliphatic heterocycles. The van der Waals surface area contributed by atoms with Crippen LogP contribution in [0.3, 0.4) is 0 Å². The molecule has 0 spiro atoms. The molecule has 1 rings (SSSR count). The zero-order chi connectivity index (χ0) is 11.5. The lowest BCUT2D eigenvalue weighted by Gasteiger charge is -2.16. The number of nitrogens with two attached hydrogens (primary N) is 1. The van der Waals surface area contributed by atoms with Gasteiger partial charge in [0.25, 0.3) is 0 Å². The van der Waals surface area contributed by atoms with Crippen molar-refractivity contribution in [1.29, 1.82) is 0 Å². The van der Waals surface area contributed by atoms with E-state index in [9.17, 15) is 0 Å². The standard InChI is InChI=1S/C10H17BrN2O2/c1-7(12)9(11)5-13-4-8-6-14-10(2,3)15-8/h5,8H,4,6,12H2,1-3H3. The number of ether oxygens (including phenoxy) is 2. The van der Waals surface area contributed by atoms with E-state index in [0.29, 0.717) is 18.8 Å². The normalized spacial score (nSPS) is 27.1. The van der Waals surface area contributed by atoms with Gasteiger partial charge in [0, 0.05) is 11.9 Å². The molecule has 0 amide bonds. The predicted molar refractivity (Wildman–Crippen MR) is 64.1 cm³/mol. The maximum Gasteiger partial charge on any atom is 0.163 e. The smallest absolute Gasteiger partial charge is 0.163 e. The van der Waals surface area contributed by atoms with E-state index in [0.717, 1.165) is 4.48 Å². The molecule has 1 atom stereocenters. The van der Waals surface area contributed by atoms with Crippen molar-refractivity contribution >= 4 is 22.1 Å². The van der Waals surface area contributed by atoms with E-state index in [-0.39, 0.29) is 6.10 Å². The van der Waals surface area contributed by atoms with E-state index in [1.54, 1.807) is 6.21 Å². The van der Waals surface area contributed by atoms with Crippen molar-refractivity contribution in [3.8, 4) is 0 Å². The van der Waals surface area contributed by atoms with Gasteiger partial charge in [-0.05, 0) is 36.7 Å². The van der Waals surface area contributed by atoms with E-state index in [4.69, 9.17) is 15.2 Å². The van der Waals surface area contributed by atoms with Crippen LogP contribution in [0.4, 0.5) is 0 Å². The van der Waals surface area contributed by atoms with Gasteiger partial charge >= 0.3 is 0 Å². The molecule has 1 saturated heterocycles. The van der Waals surface area contributed by atoms with Crippen LogP contribution in [-0.2, 0) is 9.47 Å². The Kier molecular flexibility index (Phi) is 4.31. The van der Waals surface area contributed by atoms with Gasteiger partial charge in [-0.2, -0.15) is 0 Å². The fourth-order valence-electron chi connectivity index (χ4n) is 1.21. The van der Waals surface area contributed by atoms with Crippen LogP contribution >= 0.6 is 15.9 Å². The Labute approximate surface area is 98.7 Å². The van der Waals surface area contributed by atoms with Crippen LogP contribution < -0.4 is 5.73 Å². The lowest BCUT2D eigenvalue weighted by molar-refractivity contribution is -0.137. The lowest BCUT2D eigenvalue weighted by atomic mass is 10.4. The summed E-state index contributed by atoms with van der Waals surface area (Å²) >= 11 is 3.31. The average molecular weight is 277 g/mol. The minimum Gasteiger partial charge on any atom is -0.401 e. The predicted octanol–water partition coefficient (Wildman–Crippen LogP) is 1.79. The molecule has 1 fully saturated rings. The second-order valence-electron chi connectivity index (χ2n) is 3.98. The Morgan fingerprint density at radius 2 is 2.33 bits per heavy atom. The molecule has 1 heterocycles. The highest BCUT2D eigenvalue weighted by molar-refractivity contribution is 9.12. The summed E-state index contributed by atoms with van der Waals surface area (Å²) in [5.74, 6) is -0.475. The van der Waals surface area contributed by atoms with Crippen molar-refractivity contribution in [1.82, 2.24) is 0 Å². The Morgan fingerprint density at radius 3 is 2.80 bits per heavy atom. The molecule has 5 heteroatoms. The molecular formula is C10H17BrN2O2. The maximum absolute atomic E-state index is 5.59. The lowest BCUT2D eigenvalue weighted by Crippen LogP contribution is -2.22.